The number of aromatic nitrogens is 1. The van der Waals surface area contributed by atoms with Crippen molar-refractivity contribution in [1.82, 2.24) is 4.98 Å². The van der Waals surface area contributed by atoms with Crippen LogP contribution < -0.4 is 4.74 Å². The average molecular weight is 345 g/mol. The van der Waals surface area contributed by atoms with Crippen LogP contribution in [0.3, 0.4) is 0 Å². The quantitative estimate of drug-likeness (QED) is 0.512. The van der Waals surface area contributed by atoms with Crippen molar-refractivity contribution in [3.63, 3.8) is 0 Å². The number of allylic oxidation sites excluding steroid dienone is 1. The molecule has 2 aromatic carbocycles. The lowest BCUT2D eigenvalue weighted by Gasteiger charge is -2.08. The van der Waals surface area contributed by atoms with Gasteiger partial charge in [-0.15, -0.1) is 0 Å². The Morgan fingerprint density at radius 2 is 1.85 bits per heavy atom. The molecule has 0 aliphatic rings. The number of ether oxygens (including phenoxy) is 1. The molecule has 3 aromatic rings. The number of phenolic OH excluding ortho intramolecular Hbond substituents is 1. The number of hydrogen-bond acceptors (Lipinski definition) is 4. The van der Waals surface area contributed by atoms with Gasteiger partial charge in [0.05, 0.1) is 17.9 Å². The van der Waals surface area contributed by atoms with E-state index in [1.165, 1.54) is 17.7 Å². The molecule has 0 aliphatic carbocycles. The zero-order valence-electron chi connectivity index (χ0n) is 14.2. The predicted molar refractivity (Wildman–Crippen MR) is 101 cm³/mol. The molecule has 0 bridgehead atoms. The average Bonchev–Trinajstić information content (AvgIpc) is 2.69. The number of aromatic hydroxyl groups is 1. The Balaban J connectivity index is 1.65. The van der Waals surface area contributed by atoms with E-state index in [0.29, 0.717) is 18.1 Å². The molecule has 1 aromatic heterocycles. The Labute approximate surface area is 152 Å². The summed E-state index contributed by atoms with van der Waals surface area (Å²) in [6.45, 7) is 0.492. The summed E-state index contributed by atoms with van der Waals surface area (Å²) in [6.07, 6.45) is 5.43. The maximum atomic E-state index is 12.4. The van der Waals surface area contributed by atoms with Crippen LogP contribution in [0, 0.1) is 0 Å². The second kappa shape index (κ2) is 8.62. The van der Waals surface area contributed by atoms with E-state index in [4.69, 9.17) is 4.74 Å². The molecule has 4 heteroatoms. The maximum absolute atomic E-state index is 12.4. The van der Waals surface area contributed by atoms with Gasteiger partial charge in [0.25, 0.3) is 0 Å². The number of rotatable bonds is 7. The number of hydrogen-bond donors (Lipinski definition) is 1. The third-order valence-corrected chi connectivity index (χ3v) is 3.83. The molecule has 130 valence electrons. The maximum Gasteiger partial charge on any atom is 0.189 e. The van der Waals surface area contributed by atoms with E-state index in [2.05, 4.69) is 4.98 Å². The first-order chi connectivity index (χ1) is 12.7. The van der Waals surface area contributed by atoms with Gasteiger partial charge in [-0.25, -0.2) is 0 Å². The highest BCUT2D eigenvalue weighted by Crippen LogP contribution is 2.24. The van der Waals surface area contributed by atoms with E-state index in [1.54, 1.807) is 36.5 Å². The molecule has 0 saturated carbocycles. The summed E-state index contributed by atoms with van der Waals surface area (Å²) in [5.41, 5.74) is 2.06. The van der Waals surface area contributed by atoms with Crippen molar-refractivity contribution in [1.29, 1.82) is 0 Å². The van der Waals surface area contributed by atoms with E-state index in [-0.39, 0.29) is 17.1 Å². The summed E-state index contributed by atoms with van der Waals surface area (Å²) in [5, 5.41) is 9.98. The minimum Gasteiger partial charge on any atom is -0.507 e. The molecule has 3 rings (SSSR count). The Morgan fingerprint density at radius 3 is 2.62 bits per heavy atom. The number of carbonyl (C=O) groups is 1. The Morgan fingerprint density at radius 1 is 1.04 bits per heavy atom. The number of ketones is 1. The first kappa shape index (κ1) is 17.4. The van der Waals surface area contributed by atoms with Gasteiger partial charge < -0.3 is 9.84 Å². The number of carbonyl (C=O) groups excluding carboxylic acids is 1. The smallest absolute Gasteiger partial charge is 0.189 e. The van der Waals surface area contributed by atoms with Crippen LogP contribution in [-0.4, -0.2) is 22.5 Å². The van der Waals surface area contributed by atoms with Crippen LogP contribution in [0.25, 0.3) is 6.08 Å². The monoisotopic (exact) mass is 345 g/mol. The van der Waals surface area contributed by atoms with Gasteiger partial charge in [-0.05, 0) is 48.0 Å². The molecular weight excluding hydrogens is 326 g/mol. The van der Waals surface area contributed by atoms with Gasteiger partial charge in [0.15, 0.2) is 5.78 Å². The van der Waals surface area contributed by atoms with Crippen molar-refractivity contribution in [2.45, 2.75) is 6.42 Å². The van der Waals surface area contributed by atoms with Crippen molar-refractivity contribution in [3.05, 3.63) is 95.8 Å². The third-order valence-electron chi connectivity index (χ3n) is 3.83. The Bertz CT molecular complexity index is 890. The molecule has 0 spiro atoms. The highest BCUT2D eigenvalue weighted by atomic mass is 16.5. The van der Waals surface area contributed by atoms with Gasteiger partial charge in [-0.2, -0.15) is 0 Å². The molecule has 0 fully saturated rings. The van der Waals surface area contributed by atoms with Gasteiger partial charge in [-0.1, -0.05) is 36.4 Å². The minimum atomic E-state index is -0.304. The number of nitrogens with zero attached hydrogens (tertiary/aromatic N) is 1. The van der Waals surface area contributed by atoms with Gasteiger partial charge >= 0.3 is 0 Å². The van der Waals surface area contributed by atoms with Crippen LogP contribution in [0.1, 0.15) is 21.6 Å². The second-order valence-electron chi connectivity index (χ2n) is 5.72. The minimum absolute atomic E-state index is 0.0731. The molecule has 0 amide bonds. The predicted octanol–water partition coefficient (Wildman–Crippen LogP) is 4.30. The summed E-state index contributed by atoms with van der Waals surface area (Å²) in [6, 6.07) is 20.2. The SMILES string of the molecule is O=C(C=Cc1ccccn1)c1cc(OCCc2ccccc2)ccc1O. The summed E-state index contributed by atoms with van der Waals surface area (Å²) in [7, 11) is 0. The molecule has 1 N–H and O–H groups in total. The van der Waals surface area contributed by atoms with Crippen LogP contribution in [0.15, 0.2) is 79.0 Å². The molecule has 0 atom stereocenters. The van der Waals surface area contributed by atoms with Gasteiger partial charge in [-0.3, -0.25) is 9.78 Å². The second-order valence-corrected chi connectivity index (χ2v) is 5.72. The molecule has 0 unspecified atom stereocenters. The molecular formula is C22H19NO3. The lowest BCUT2D eigenvalue weighted by atomic mass is 10.1. The van der Waals surface area contributed by atoms with E-state index in [0.717, 1.165) is 6.42 Å². The van der Waals surface area contributed by atoms with Crippen molar-refractivity contribution in [3.8, 4) is 11.5 Å². The zero-order valence-corrected chi connectivity index (χ0v) is 14.2. The van der Waals surface area contributed by atoms with Crippen LogP contribution >= 0.6 is 0 Å². The fourth-order valence-corrected chi connectivity index (χ4v) is 2.46. The third kappa shape index (κ3) is 4.80. The van der Waals surface area contributed by atoms with Crippen LogP contribution in [-0.2, 0) is 6.42 Å². The first-order valence-corrected chi connectivity index (χ1v) is 8.35. The van der Waals surface area contributed by atoms with Crippen LogP contribution in [0.4, 0.5) is 0 Å². The Hall–Kier alpha value is -3.40. The fraction of sp³-hybridized carbons (Fsp3) is 0.0909. The summed E-state index contributed by atoms with van der Waals surface area (Å²) in [5.74, 6) is 0.172. The molecule has 26 heavy (non-hydrogen) atoms. The van der Waals surface area contributed by atoms with Crippen LogP contribution in [0.5, 0.6) is 11.5 Å². The fourth-order valence-electron chi connectivity index (χ4n) is 2.46. The number of pyridine rings is 1. The molecule has 0 radical (unpaired) electrons. The molecule has 0 saturated heterocycles. The van der Waals surface area contributed by atoms with Gasteiger partial charge in [0, 0.05) is 12.6 Å². The molecule has 4 nitrogen and oxygen atoms in total. The molecule has 0 aliphatic heterocycles. The lowest BCUT2D eigenvalue weighted by molar-refractivity contribution is 0.104. The van der Waals surface area contributed by atoms with Crippen LogP contribution in [0.2, 0.25) is 0 Å². The van der Waals surface area contributed by atoms with Crippen molar-refractivity contribution < 1.29 is 14.6 Å². The molecule has 1 heterocycles. The summed E-state index contributed by atoms with van der Waals surface area (Å²) < 4.78 is 5.72. The van der Waals surface area contributed by atoms with Crippen molar-refractivity contribution in [2.75, 3.05) is 6.61 Å². The lowest BCUT2D eigenvalue weighted by Crippen LogP contribution is -2.02. The number of benzene rings is 2. The van der Waals surface area contributed by atoms with E-state index in [1.807, 2.05) is 36.4 Å². The normalized spacial score (nSPS) is 10.8. The van der Waals surface area contributed by atoms with E-state index in [9.17, 15) is 9.90 Å². The highest BCUT2D eigenvalue weighted by molar-refractivity contribution is 6.08. The zero-order chi connectivity index (χ0) is 18.2. The standard InChI is InChI=1S/C22H19NO3/c24-21(11-9-18-8-4-5-14-23-18)20-16-19(10-12-22(20)25)26-15-13-17-6-2-1-3-7-17/h1-12,14,16,25H,13,15H2. The summed E-state index contributed by atoms with van der Waals surface area (Å²) in [4.78, 5) is 16.5. The van der Waals surface area contributed by atoms with Crippen molar-refractivity contribution >= 4 is 11.9 Å². The summed E-state index contributed by atoms with van der Waals surface area (Å²) >= 11 is 0. The highest BCUT2D eigenvalue weighted by Gasteiger charge is 2.10. The van der Waals surface area contributed by atoms with E-state index >= 15 is 0 Å². The van der Waals surface area contributed by atoms with Gasteiger partial charge in [0.1, 0.15) is 11.5 Å². The van der Waals surface area contributed by atoms with E-state index < -0.39 is 0 Å². The topological polar surface area (TPSA) is 59.4 Å². The van der Waals surface area contributed by atoms with Gasteiger partial charge in [0.2, 0.25) is 0 Å². The number of phenols is 1. The largest absolute Gasteiger partial charge is 0.507 e. The first-order valence-electron chi connectivity index (χ1n) is 8.35. The van der Waals surface area contributed by atoms with Crippen molar-refractivity contribution in [2.24, 2.45) is 0 Å². The Kier molecular flexibility index (Phi) is 5.78.